The van der Waals surface area contributed by atoms with E-state index in [1.807, 2.05) is 19.9 Å². The Morgan fingerprint density at radius 3 is 3.00 bits per heavy atom. The summed E-state index contributed by atoms with van der Waals surface area (Å²) in [7, 11) is 0. The van der Waals surface area contributed by atoms with E-state index in [2.05, 4.69) is 18.4 Å². The van der Waals surface area contributed by atoms with Gasteiger partial charge in [0.1, 0.15) is 0 Å². The first-order valence-electron chi connectivity index (χ1n) is 5.37. The fourth-order valence-corrected chi connectivity index (χ4v) is 1.84. The third-order valence-corrected chi connectivity index (χ3v) is 2.52. The van der Waals surface area contributed by atoms with Gasteiger partial charge in [-0.25, -0.2) is 0 Å². The fraction of sp³-hybridized carbons (Fsp3) is 0.429. The fourth-order valence-electron chi connectivity index (χ4n) is 1.84. The van der Waals surface area contributed by atoms with Crippen molar-refractivity contribution in [1.82, 2.24) is 0 Å². The van der Waals surface area contributed by atoms with Gasteiger partial charge < -0.3 is 0 Å². The summed E-state index contributed by atoms with van der Waals surface area (Å²) < 4.78 is 0. The van der Waals surface area contributed by atoms with E-state index in [9.17, 15) is 4.79 Å². The molecule has 1 atom stereocenters. The van der Waals surface area contributed by atoms with Crippen LogP contribution < -0.4 is 0 Å². The number of carbonyl (C=O) groups excluding carboxylic acids is 1. The Morgan fingerprint density at radius 1 is 1.67 bits per heavy atom. The van der Waals surface area contributed by atoms with E-state index in [1.165, 1.54) is 0 Å². The number of rotatable bonds is 3. The molecule has 0 spiro atoms. The van der Waals surface area contributed by atoms with Gasteiger partial charge in [0, 0.05) is 6.42 Å². The Labute approximate surface area is 91.9 Å². The quantitative estimate of drug-likeness (QED) is 0.505. The third kappa shape index (κ3) is 3.73. The second kappa shape index (κ2) is 5.53. The lowest BCUT2D eigenvalue weighted by Gasteiger charge is -2.18. The van der Waals surface area contributed by atoms with Crippen molar-refractivity contribution in [2.24, 2.45) is 5.92 Å². The summed E-state index contributed by atoms with van der Waals surface area (Å²) in [5, 5.41) is 0. The van der Waals surface area contributed by atoms with Gasteiger partial charge in [-0.1, -0.05) is 24.3 Å². The number of hydrogen-bond donors (Lipinski definition) is 0. The van der Waals surface area contributed by atoms with Crippen molar-refractivity contribution in [2.45, 2.75) is 33.1 Å². The Hall–Kier alpha value is -1.33. The van der Waals surface area contributed by atoms with Crippen LogP contribution in [-0.4, -0.2) is 5.78 Å². The maximum Gasteiger partial charge on any atom is 0.156 e. The summed E-state index contributed by atoms with van der Waals surface area (Å²) in [5.41, 5.74) is 5.07. The Kier molecular flexibility index (Phi) is 4.33. The number of allylic oxidation sites excluding steroid dienone is 5. The monoisotopic (exact) mass is 202 g/mol. The number of hydrogen-bond acceptors (Lipinski definition) is 1. The molecular formula is C14H18O. The molecule has 1 aliphatic carbocycles. The van der Waals surface area contributed by atoms with Gasteiger partial charge in [0.2, 0.25) is 0 Å². The molecule has 0 fully saturated rings. The van der Waals surface area contributed by atoms with Crippen LogP contribution in [0.3, 0.4) is 0 Å². The van der Waals surface area contributed by atoms with Crippen molar-refractivity contribution in [3.63, 3.8) is 0 Å². The molecule has 1 nitrogen and oxygen atoms in total. The first-order chi connectivity index (χ1) is 7.13. The minimum atomic E-state index is 0.211. The highest BCUT2D eigenvalue weighted by atomic mass is 16.1. The van der Waals surface area contributed by atoms with Crippen LogP contribution in [0.15, 0.2) is 41.7 Å². The molecule has 0 N–H and O–H groups in total. The van der Waals surface area contributed by atoms with E-state index in [-0.39, 0.29) is 5.78 Å². The standard InChI is InChI=1S/C14H18O/c1-4-12-7-5-6-8-13(12)10-14(15)9-11(2)3/h5,7,9,13H,1,6,8,10H2,2-3H3. The Morgan fingerprint density at radius 2 is 2.40 bits per heavy atom. The van der Waals surface area contributed by atoms with Crippen LogP contribution in [0.4, 0.5) is 0 Å². The van der Waals surface area contributed by atoms with Crippen LogP contribution in [0.5, 0.6) is 0 Å². The summed E-state index contributed by atoms with van der Waals surface area (Å²) in [6.45, 7) is 7.56. The highest BCUT2D eigenvalue weighted by Gasteiger charge is 2.17. The van der Waals surface area contributed by atoms with Crippen molar-refractivity contribution >= 4 is 5.78 Å². The topological polar surface area (TPSA) is 17.1 Å². The predicted molar refractivity (Wildman–Crippen MR) is 63.6 cm³/mol. The molecule has 0 saturated carbocycles. The maximum absolute atomic E-state index is 11.6. The largest absolute Gasteiger partial charge is 0.295 e. The molecule has 15 heavy (non-hydrogen) atoms. The van der Waals surface area contributed by atoms with Crippen LogP contribution in [0, 0.1) is 5.92 Å². The minimum Gasteiger partial charge on any atom is -0.295 e. The molecule has 1 unspecified atom stereocenters. The van der Waals surface area contributed by atoms with Crippen molar-refractivity contribution in [3.8, 4) is 0 Å². The predicted octanol–water partition coefficient (Wildman–Crippen LogP) is 3.59. The lowest BCUT2D eigenvalue weighted by Crippen LogP contribution is -2.10. The van der Waals surface area contributed by atoms with Crippen LogP contribution in [0.25, 0.3) is 0 Å². The SMILES string of the molecule is C=C=C1C=CCCC1CC(=O)C=C(C)C. The summed E-state index contributed by atoms with van der Waals surface area (Å²) >= 11 is 0. The van der Waals surface area contributed by atoms with Gasteiger partial charge in [0.15, 0.2) is 5.78 Å². The van der Waals surface area contributed by atoms with Crippen LogP contribution in [-0.2, 0) is 4.79 Å². The normalized spacial score (nSPS) is 19.6. The summed E-state index contributed by atoms with van der Waals surface area (Å²) in [6.07, 6.45) is 8.56. The highest BCUT2D eigenvalue weighted by Crippen LogP contribution is 2.26. The van der Waals surface area contributed by atoms with Gasteiger partial charge in [0.25, 0.3) is 0 Å². The molecule has 0 aliphatic heterocycles. The van der Waals surface area contributed by atoms with Crippen molar-refractivity contribution in [1.29, 1.82) is 0 Å². The first-order valence-corrected chi connectivity index (χ1v) is 5.37. The molecule has 0 saturated heterocycles. The lowest BCUT2D eigenvalue weighted by molar-refractivity contribution is -0.115. The molecule has 1 heteroatoms. The molecule has 0 aromatic heterocycles. The molecule has 0 aromatic carbocycles. The highest BCUT2D eigenvalue weighted by molar-refractivity contribution is 5.90. The van der Waals surface area contributed by atoms with Gasteiger partial charge >= 0.3 is 0 Å². The molecule has 0 amide bonds. The van der Waals surface area contributed by atoms with E-state index < -0.39 is 0 Å². The zero-order valence-electron chi connectivity index (χ0n) is 9.55. The smallest absolute Gasteiger partial charge is 0.156 e. The Balaban J connectivity index is 2.66. The average Bonchev–Trinajstić information content (AvgIpc) is 2.17. The van der Waals surface area contributed by atoms with Gasteiger partial charge in [-0.3, -0.25) is 4.79 Å². The average molecular weight is 202 g/mol. The van der Waals surface area contributed by atoms with E-state index in [4.69, 9.17) is 0 Å². The summed E-state index contributed by atoms with van der Waals surface area (Å²) in [5.74, 6) is 0.527. The van der Waals surface area contributed by atoms with E-state index >= 15 is 0 Å². The summed E-state index contributed by atoms with van der Waals surface area (Å²) in [6, 6.07) is 0. The molecular weight excluding hydrogens is 184 g/mol. The second-order valence-electron chi connectivity index (χ2n) is 4.20. The van der Waals surface area contributed by atoms with E-state index in [1.54, 1.807) is 6.08 Å². The van der Waals surface area contributed by atoms with E-state index in [0.29, 0.717) is 12.3 Å². The van der Waals surface area contributed by atoms with Crippen molar-refractivity contribution in [2.75, 3.05) is 0 Å². The van der Waals surface area contributed by atoms with Crippen LogP contribution in [0.1, 0.15) is 33.1 Å². The Bertz CT molecular complexity index is 348. The molecule has 80 valence electrons. The molecule has 0 aromatic rings. The third-order valence-electron chi connectivity index (χ3n) is 2.52. The minimum absolute atomic E-state index is 0.211. The summed E-state index contributed by atoms with van der Waals surface area (Å²) in [4.78, 5) is 11.6. The molecule has 0 heterocycles. The molecule has 0 bridgehead atoms. The maximum atomic E-state index is 11.6. The van der Waals surface area contributed by atoms with Crippen LogP contribution >= 0.6 is 0 Å². The number of carbonyl (C=O) groups is 1. The second-order valence-corrected chi connectivity index (χ2v) is 4.20. The van der Waals surface area contributed by atoms with Crippen LogP contribution in [0.2, 0.25) is 0 Å². The van der Waals surface area contributed by atoms with Gasteiger partial charge in [-0.05, 0) is 44.3 Å². The zero-order valence-corrected chi connectivity index (χ0v) is 9.55. The molecule has 0 radical (unpaired) electrons. The van der Waals surface area contributed by atoms with Gasteiger partial charge in [0.05, 0.1) is 0 Å². The first kappa shape index (κ1) is 11.7. The lowest BCUT2D eigenvalue weighted by atomic mass is 9.85. The number of ketones is 1. The molecule has 1 rings (SSSR count). The van der Waals surface area contributed by atoms with Crippen molar-refractivity contribution < 1.29 is 4.79 Å². The van der Waals surface area contributed by atoms with Gasteiger partial charge in [-0.2, -0.15) is 0 Å². The van der Waals surface area contributed by atoms with Crippen molar-refractivity contribution in [3.05, 3.63) is 41.7 Å². The van der Waals surface area contributed by atoms with Gasteiger partial charge in [-0.15, -0.1) is 5.73 Å². The zero-order chi connectivity index (χ0) is 11.3. The molecule has 1 aliphatic rings. The van der Waals surface area contributed by atoms with E-state index in [0.717, 1.165) is 24.0 Å².